The van der Waals surface area contributed by atoms with Crippen molar-refractivity contribution in [1.82, 2.24) is 4.98 Å². The number of carbonyl (C=O) groups is 1. The Labute approximate surface area is 172 Å². The van der Waals surface area contributed by atoms with Crippen LogP contribution in [0.15, 0.2) is 33.5 Å². The van der Waals surface area contributed by atoms with Crippen LogP contribution in [0.3, 0.4) is 0 Å². The van der Waals surface area contributed by atoms with Crippen LogP contribution in [-0.4, -0.2) is 22.7 Å². The Bertz CT molecular complexity index is 786. The first-order valence-electron chi connectivity index (χ1n) is 10.9. The zero-order valence-electron chi connectivity index (χ0n) is 17.2. The van der Waals surface area contributed by atoms with Crippen molar-refractivity contribution in [3.8, 4) is 6.08 Å². The van der Waals surface area contributed by atoms with Crippen molar-refractivity contribution in [3.05, 3.63) is 34.7 Å². The molecule has 1 aromatic heterocycles. The lowest BCUT2D eigenvalue weighted by molar-refractivity contribution is -0.137. The molecule has 160 valence electrons. The van der Waals surface area contributed by atoms with Crippen LogP contribution in [0.25, 0.3) is 10.9 Å². The van der Waals surface area contributed by atoms with Gasteiger partial charge in [0.1, 0.15) is 0 Å². The maximum Gasteiger partial charge on any atom is 0.397 e. The molecule has 0 saturated heterocycles. The number of ether oxygens (including phenoxy) is 1. The van der Waals surface area contributed by atoms with Gasteiger partial charge in [0.2, 0.25) is 0 Å². The third kappa shape index (κ3) is 9.59. The van der Waals surface area contributed by atoms with Crippen LogP contribution in [0.5, 0.6) is 6.08 Å². The van der Waals surface area contributed by atoms with Crippen LogP contribution in [-0.2, 0) is 4.79 Å². The topological polar surface area (TPSA) is 89.6 Å². The number of unbranched alkanes of at least 4 members (excludes halogenated alkanes) is 11. The average Bonchev–Trinajstić information content (AvgIpc) is 2.70. The zero-order valence-corrected chi connectivity index (χ0v) is 17.2. The van der Waals surface area contributed by atoms with Crippen molar-refractivity contribution in [2.45, 2.75) is 83.5 Å². The van der Waals surface area contributed by atoms with Crippen molar-refractivity contribution in [1.29, 1.82) is 0 Å². The standard InChI is InChI=1S/C23H33NO5/c25-21(26)17-11-9-7-5-3-1-2-4-6-8-10-14-18-28-23-24-20-16-13-12-15-19(20)22(27)29-23/h12-13,15-16H,1-11,14,17-18H2,(H,25,26). The quantitative estimate of drug-likeness (QED) is 0.360. The fourth-order valence-corrected chi connectivity index (χ4v) is 3.37. The molecule has 0 aliphatic heterocycles. The molecule has 0 fully saturated rings. The minimum Gasteiger partial charge on any atom is -0.481 e. The van der Waals surface area contributed by atoms with E-state index in [-0.39, 0.29) is 6.08 Å². The van der Waals surface area contributed by atoms with Gasteiger partial charge in [-0.3, -0.25) is 4.79 Å². The summed E-state index contributed by atoms with van der Waals surface area (Å²) in [7, 11) is 0. The second-order valence-electron chi connectivity index (χ2n) is 7.52. The maximum absolute atomic E-state index is 11.9. The summed E-state index contributed by atoms with van der Waals surface area (Å²) in [5.74, 6) is -0.687. The van der Waals surface area contributed by atoms with Gasteiger partial charge in [-0.1, -0.05) is 76.3 Å². The van der Waals surface area contributed by atoms with Gasteiger partial charge in [-0.25, -0.2) is 4.79 Å². The molecule has 1 N–H and O–H groups in total. The molecule has 0 saturated carbocycles. The monoisotopic (exact) mass is 403 g/mol. The number of fused-ring (bicyclic) bond motifs is 1. The molecule has 0 unspecified atom stereocenters. The first-order valence-corrected chi connectivity index (χ1v) is 10.9. The molecule has 0 aliphatic carbocycles. The summed E-state index contributed by atoms with van der Waals surface area (Å²) in [5, 5.41) is 9.05. The molecule has 1 aromatic carbocycles. The number of aliphatic carboxylic acids is 1. The van der Waals surface area contributed by atoms with Gasteiger partial charge in [0.15, 0.2) is 0 Å². The Morgan fingerprint density at radius 1 is 0.862 bits per heavy atom. The summed E-state index contributed by atoms with van der Waals surface area (Å²) in [6, 6.07) is 7.09. The zero-order chi connectivity index (χ0) is 20.7. The van der Waals surface area contributed by atoms with Crippen molar-refractivity contribution in [3.63, 3.8) is 0 Å². The highest BCUT2D eigenvalue weighted by Gasteiger charge is 2.06. The van der Waals surface area contributed by atoms with Crippen LogP contribution in [0.2, 0.25) is 0 Å². The Balaban J connectivity index is 1.41. The van der Waals surface area contributed by atoms with E-state index in [1.54, 1.807) is 18.2 Å². The molecule has 6 heteroatoms. The number of aromatic nitrogens is 1. The first kappa shape index (κ1) is 22.9. The van der Waals surface area contributed by atoms with E-state index < -0.39 is 11.6 Å². The third-order valence-corrected chi connectivity index (χ3v) is 5.03. The minimum atomic E-state index is -0.687. The van der Waals surface area contributed by atoms with E-state index in [1.165, 1.54) is 44.9 Å². The van der Waals surface area contributed by atoms with E-state index in [0.717, 1.165) is 32.1 Å². The number of nitrogens with zero attached hydrogens (tertiary/aromatic N) is 1. The highest BCUT2D eigenvalue weighted by molar-refractivity contribution is 5.76. The highest BCUT2D eigenvalue weighted by Crippen LogP contribution is 2.14. The molecule has 0 aliphatic rings. The van der Waals surface area contributed by atoms with Crippen molar-refractivity contribution >= 4 is 16.9 Å². The van der Waals surface area contributed by atoms with Gasteiger partial charge in [0, 0.05) is 6.42 Å². The number of hydrogen-bond donors (Lipinski definition) is 1. The van der Waals surface area contributed by atoms with E-state index in [9.17, 15) is 9.59 Å². The number of benzene rings is 1. The van der Waals surface area contributed by atoms with Crippen LogP contribution in [0.4, 0.5) is 0 Å². The molecule has 0 atom stereocenters. The van der Waals surface area contributed by atoms with Crippen molar-refractivity contribution < 1.29 is 19.1 Å². The number of hydrogen-bond acceptors (Lipinski definition) is 5. The summed E-state index contributed by atoms with van der Waals surface area (Å²) >= 11 is 0. The number of carboxylic acids is 1. The molecular formula is C23H33NO5. The summed E-state index contributed by atoms with van der Waals surface area (Å²) in [5.41, 5.74) is 0.185. The van der Waals surface area contributed by atoms with E-state index >= 15 is 0 Å². The molecule has 0 bridgehead atoms. The first-order chi connectivity index (χ1) is 14.2. The lowest BCUT2D eigenvalue weighted by atomic mass is 10.0. The largest absolute Gasteiger partial charge is 0.481 e. The van der Waals surface area contributed by atoms with Crippen LogP contribution in [0, 0.1) is 0 Å². The number of para-hydroxylation sites is 1. The van der Waals surface area contributed by atoms with Crippen molar-refractivity contribution in [2.24, 2.45) is 0 Å². The Hall–Kier alpha value is -2.37. The third-order valence-electron chi connectivity index (χ3n) is 5.03. The molecule has 2 aromatic rings. The van der Waals surface area contributed by atoms with E-state index in [0.29, 0.717) is 23.9 Å². The number of rotatable bonds is 16. The lowest BCUT2D eigenvalue weighted by Gasteiger charge is -2.05. The predicted octanol–water partition coefficient (Wildman–Crippen LogP) is 5.72. The van der Waals surface area contributed by atoms with Gasteiger partial charge in [0.25, 0.3) is 0 Å². The predicted molar refractivity (Wildman–Crippen MR) is 113 cm³/mol. The summed E-state index contributed by atoms with van der Waals surface area (Å²) < 4.78 is 10.6. The normalized spacial score (nSPS) is 11.0. The van der Waals surface area contributed by atoms with Gasteiger partial charge in [-0.05, 0) is 25.0 Å². The van der Waals surface area contributed by atoms with E-state index in [2.05, 4.69) is 4.98 Å². The van der Waals surface area contributed by atoms with E-state index in [1.807, 2.05) is 6.07 Å². The van der Waals surface area contributed by atoms with Crippen LogP contribution >= 0.6 is 0 Å². The molecule has 0 amide bonds. The Kier molecular flexibility index (Phi) is 10.9. The van der Waals surface area contributed by atoms with Crippen LogP contribution < -0.4 is 10.4 Å². The summed E-state index contributed by atoms with van der Waals surface area (Å²) in [6.07, 6.45) is 14.1. The SMILES string of the molecule is O=C(O)CCCCCCCCCCCCCCOc1nc2ccccc2c(=O)o1. The van der Waals surface area contributed by atoms with Gasteiger partial charge in [-0.2, -0.15) is 4.98 Å². The smallest absolute Gasteiger partial charge is 0.397 e. The average molecular weight is 404 g/mol. The minimum absolute atomic E-state index is 0.0525. The Morgan fingerprint density at radius 3 is 2.03 bits per heavy atom. The molecule has 0 radical (unpaired) electrons. The van der Waals surface area contributed by atoms with Gasteiger partial charge in [-0.15, -0.1) is 0 Å². The number of carboxylic acid groups (broad SMARTS) is 1. The maximum atomic E-state index is 11.9. The lowest BCUT2D eigenvalue weighted by Crippen LogP contribution is -2.06. The second kappa shape index (κ2) is 13.7. The fourth-order valence-electron chi connectivity index (χ4n) is 3.37. The fraction of sp³-hybridized carbons (Fsp3) is 0.609. The van der Waals surface area contributed by atoms with E-state index in [4.69, 9.17) is 14.3 Å². The molecule has 1 heterocycles. The van der Waals surface area contributed by atoms with Gasteiger partial charge < -0.3 is 14.3 Å². The molecule has 2 rings (SSSR count). The second-order valence-corrected chi connectivity index (χ2v) is 7.52. The highest BCUT2D eigenvalue weighted by atomic mass is 16.6. The molecular weight excluding hydrogens is 370 g/mol. The molecule has 29 heavy (non-hydrogen) atoms. The molecule has 6 nitrogen and oxygen atoms in total. The van der Waals surface area contributed by atoms with Crippen LogP contribution in [0.1, 0.15) is 83.5 Å². The molecule has 0 spiro atoms. The Morgan fingerprint density at radius 2 is 1.41 bits per heavy atom. The van der Waals surface area contributed by atoms with Gasteiger partial charge >= 0.3 is 17.7 Å². The summed E-state index contributed by atoms with van der Waals surface area (Å²) in [4.78, 5) is 26.5. The van der Waals surface area contributed by atoms with Crippen molar-refractivity contribution in [2.75, 3.05) is 6.61 Å². The summed E-state index contributed by atoms with van der Waals surface area (Å²) in [6.45, 7) is 0.510. The van der Waals surface area contributed by atoms with Gasteiger partial charge in [0.05, 0.1) is 17.5 Å².